The van der Waals surface area contributed by atoms with Gasteiger partial charge in [0, 0.05) is 25.1 Å². The summed E-state index contributed by atoms with van der Waals surface area (Å²) in [5.41, 5.74) is 1.13. The summed E-state index contributed by atoms with van der Waals surface area (Å²) >= 11 is 0. The summed E-state index contributed by atoms with van der Waals surface area (Å²) in [6, 6.07) is 0.346. The third-order valence-electron chi connectivity index (χ3n) is 3.71. The molecule has 0 radical (unpaired) electrons. The molecule has 5 heteroatoms. The SMILES string of the molecule is CCNc1nc(CC)nc(N2CC(C)OCC2C)c1C. The van der Waals surface area contributed by atoms with E-state index in [4.69, 9.17) is 9.72 Å². The molecule has 1 aliphatic rings. The predicted octanol–water partition coefficient (Wildman–Crippen LogP) is 2.39. The van der Waals surface area contributed by atoms with Gasteiger partial charge in [-0.05, 0) is 27.7 Å². The maximum Gasteiger partial charge on any atom is 0.137 e. The van der Waals surface area contributed by atoms with E-state index in [2.05, 4.69) is 49.8 Å². The molecule has 112 valence electrons. The van der Waals surface area contributed by atoms with Crippen LogP contribution in [0.2, 0.25) is 0 Å². The molecule has 2 atom stereocenters. The van der Waals surface area contributed by atoms with Gasteiger partial charge >= 0.3 is 0 Å². The zero-order valence-electron chi connectivity index (χ0n) is 13.2. The summed E-state index contributed by atoms with van der Waals surface area (Å²) in [7, 11) is 0. The maximum absolute atomic E-state index is 5.72. The minimum atomic E-state index is 0.244. The first-order chi connectivity index (χ1) is 9.56. The number of nitrogens with zero attached hydrogens (tertiary/aromatic N) is 3. The zero-order valence-corrected chi connectivity index (χ0v) is 13.2. The van der Waals surface area contributed by atoms with Gasteiger partial charge in [0.1, 0.15) is 17.5 Å². The molecule has 1 fully saturated rings. The van der Waals surface area contributed by atoms with Crippen LogP contribution < -0.4 is 10.2 Å². The molecule has 0 spiro atoms. The fraction of sp³-hybridized carbons (Fsp3) is 0.733. The number of hydrogen-bond acceptors (Lipinski definition) is 5. The van der Waals surface area contributed by atoms with Gasteiger partial charge in [-0.3, -0.25) is 0 Å². The average molecular weight is 278 g/mol. The third kappa shape index (κ3) is 3.03. The molecule has 0 amide bonds. The van der Waals surface area contributed by atoms with E-state index in [-0.39, 0.29) is 6.10 Å². The van der Waals surface area contributed by atoms with Gasteiger partial charge in [0.15, 0.2) is 0 Å². The van der Waals surface area contributed by atoms with Gasteiger partial charge < -0.3 is 15.0 Å². The fourth-order valence-electron chi connectivity index (χ4n) is 2.53. The van der Waals surface area contributed by atoms with Crippen molar-refractivity contribution in [3.05, 3.63) is 11.4 Å². The lowest BCUT2D eigenvalue weighted by Gasteiger charge is -2.38. The minimum absolute atomic E-state index is 0.244. The van der Waals surface area contributed by atoms with Crippen molar-refractivity contribution in [3.8, 4) is 0 Å². The summed E-state index contributed by atoms with van der Waals surface area (Å²) in [6.45, 7) is 13.1. The summed E-state index contributed by atoms with van der Waals surface area (Å²) < 4.78 is 5.72. The Balaban J connectivity index is 2.40. The van der Waals surface area contributed by atoms with Crippen molar-refractivity contribution in [1.82, 2.24) is 9.97 Å². The van der Waals surface area contributed by atoms with E-state index in [1.165, 1.54) is 0 Å². The molecular weight excluding hydrogens is 252 g/mol. The molecule has 1 saturated heterocycles. The number of anilines is 2. The van der Waals surface area contributed by atoms with Crippen molar-refractivity contribution in [2.45, 2.75) is 53.2 Å². The number of rotatable bonds is 4. The quantitative estimate of drug-likeness (QED) is 0.916. The molecule has 1 aromatic rings. The number of nitrogens with one attached hydrogen (secondary N) is 1. The molecule has 0 aromatic carbocycles. The largest absolute Gasteiger partial charge is 0.375 e. The molecule has 2 unspecified atom stereocenters. The third-order valence-corrected chi connectivity index (χ3v) is 3.71. The van der Waals surface area contributed by atoms with Crippen molar-refractivity contribution in [2.75, 3.05) is 29.9 Å². The molecule has 1 aliphatic heterocycles. The zero-order chi connectivity index (χ0) is 14.7. The summed E-state index contributed by atoms with van der Waals surface area (Å²) in [5.74, 6) is 2.91. The van der Waals surface area contributed by atoms with Crippen LogP contribution in [0.3, 0.4) is 0 Å². The molecule has 2 rings (SSSR count). The smallest absolute Gasteiger partial charge is 0.137 e. The monoisotopic (exact) mass is 278 g/mol. The second kappa shape index (κ2) is 6.39. The van der Waals surface area contributed by atoms with E-state index in [1.54, 1.807) is 0 Å². The van der Waals surface area contributed by atoms with Gasteiger partial charge in [0.25, 0.3) is 0 Å². The Labute approximate surface area is 121 Å². The molecule has 5 nitrogen and oxygen atoms in total. The van der Waals surface area contributed by atoms with Gasteiger partial charge in [-0.25, -0.2) is 9.97 Å². The number of morpholine rings is 1. The highest BCUT2D eigenvalue weighted by Crippen LogP contribution is 2.27. The average Bonchev–Trinajstić information content (AvgIpc) is 2.44. The van der Waals surface area contributed by atoms with Gasteiger partial charge in [0.2, 0.25) is 0 Å². The normalized spacial score (nSPS) is 22.9. The summed E-state index contributed by atoms with van der Waals surface area (Å²) in [5, 5.41) is 3.35. The fourth-order valence-corrected chi connectivity index (χ4v) is 2.53. The van der Waals surface area contributed by atoms with Crippen LogP contribution >= 0.6 is 0 Å². The highest BCUT2D eigenvalue weighted by Gasteiger charge is 2.27. The van der Waals surface area contributed by atoms with Crippen LogP contribution in [0, 0.1) is 6.92 Å². The van der Waals surface area contributed by atoms with Crippen LogP contribution in [0.25, 0.3) is 0 Å². The van der Waals surface area contributed by atoms with Crippen LogP contribution in [0.1, 0.15) is 39.1 Å². The Morgan fingerprint density at radius 3 is 2.70 bits per heavy atom. The molecule has 20 heavy (non-hydrogen) atoms. The molecule has 2 heterocycles. The number of aryl methyl sites for hydroxylation is 1. The van der Waals surface area contributed by atoms with E-state index >= 15 is 0 Å². The van der Waals surface area contributed by atoms with E-state index in [0.29, 0.717) is 6.04 Å². The summed E-state index contributed by atoms with van der Waals surface area (Å²) in [4.78, 5) is 11.7. The first-order valence-electron chi connectivity index (χ1n) is 7.56. The van der Waals surface area contributed by atoms with Crippen molar-refractivity contribution in [1.29, 1.82) is 0 Å². The standard InChI is InChI=1S/C15H26N4O/c1-6-13-17-14(16-7-2)12(5)15(18-13)19-8-11(4)20-9-10(19)3/h10-11H,6-9H2,1-5H3,(H,16,17,18). The van der Waals surface area contributed by atoms with Crippen molar-refractivity contribution < 1.29 is 4.74 Å². The van der Waals surface area contributed by atoms with Gasteiger partial charge in [0.05, 0.1) is 18.8 Å². The topological polar surface area (TPSA) is 50.3 Å². The van der Waals surface area contributed by atoms with E-state index in [0.717, 1.165) is 49.1 Å². The number of aromatic nitrogens is 2. The lowest BCUT2D eigenvalue weighted by atomic mass is 10.1. The van der Waals surface area contributed by atoms with Crippen LogP contribution in [0.5, 0.6) is 0 Å². The second-order valence-electron chi connectivity index (χ2n) is 5.47. The second-order valence-corrected chi connectivity index (χ2v) is 5.47. The Bertz CT molecular complexity index is 463. The maximum atomic E-state index is 5.72. The number of hydrogen-bond donors (Lipinski definition) is 1. The highest BCUT2D eigenvalue weighted by molar-refractivity contribution is 5.59. The summed E-state index contributed by atoms with van der Waals surface area (Å²) in [6.07, 6.45) is 1.09. The Hall–Kier alpha value is -1.36. The lowest BCUT2D eigenvalue weighted by Crippen LogP contribution is -2.48. The van der Waals surface area contributed by atoms with Crippen LogP contribution in [-0.4, -0.2) is 41.8 Å². The minimum Gasteiger partial charge on any atom is -0.375 e. The van der Waals surface area contributed by atoms with Crippen LogP contribution in [0.4, 0.5) is 11.6 Å². The Morgan fingerprint density at radius 2 is 2.05 bits per heavy atom. The molecule has 0 bridgehead atoms. The highest BCUT2D eigenvalue weighted by atomic mass is 16.5. The van der Waals surface area contributed by atoms with Gasteiger partial charge in [-0.15, -0.1) is 0 Å². The van der Waals surface area contributed by atoms with Crippen molar-refractivity contribution in [3.63, 3.8) is 0 Å². The van der Waals surface area contributed by atoms with E-state index in [9.17, 15) is 0 Å². The van der Waals surface area contributed by atoms with Crippen molar-refractivity contribution >= 4 is 11.6 Å². The van der Waals surface area contributed by atoms with Crippen molar-refractivity contribution in [2.24, 2.45) is 0 Å². The molecule has 1 N–H and O–H groups in total. The molecular formula is C15H26N4O. The molecule has 0 aliphatic carbocycles. The van der Waals surface area contributed by atoms with Crippen LogP contribution in [-0.2, 0) is 11.2 Å². The van der Waals surface area contributed by atoms with Gasteiger partial charge in [-0.2, -0.15) is 0 Å². The van der Waals surface area contributed by atoms with Gasteiger partial charge in [-0.1, -0.05) is 6.92 Å². The first-order valence-corrected chi connectivity index (χ1v) is 7.56. The predicted molar refractivity (Wildman–Crippen MR) is 82.5 cm³/mol. The lowest BCUT2D eigenvalue weighted by molar-refractivity contribution is 0.0340. The van der Waals surface area contributed by atoms with Crippen LogP contribution in [0.15, 0.2) is 0 Å². The number of ether oxygens (including phenoxy) is 1. The van der Waals surface area contributed by atoms with E-state index in [1.807, 2.05) is 0 Å². The molecule has 0 saturated carbocycles. The molecule has 1 aromatic heterocycles. The Morgan fingerprint density at radius 1 is 1.30 bits per heavy atom. The Kier molecular flexibility index (Phi) is 4.81. The van der Waals surface area contributed by atoms with E-state index < -0.39 is 0 Å². The first kappa shape index (κ1) is 15.0.